The zero-order chi connectivity index (χ0) is 21.6. The fourth-order valence-electron chi connectivity index (χ4n) is 3.75. The highest BCUT2D eigenvalue weighted by Gasteiger charge is 2.29. The number of benzene rings is 2. The molecule has 1 N–H and O–H groups in total. The molecule has 0 spiro atoms. The van der Waals surface area contributed by atoms with Gasteiger partial charge in [0.25, 0.3) is 0 Å². The van der Waals surface area contributed by atoms with Gasteiger partial charge in [0.15, 0.2) is 0 Å². The highest BCUT2D eigenvalue weighted by molar-refractivity contribution is 5.88. The summed E-state index contributed by atoms with van der Waals surface area (Å²) < 4.78 is 0. The summed E-state index contributed by atoms with van der Waals surface area (Å²) in [5, 5.41) is 2.98. The van der Waals surface area contributed by atoms with Crippen LogP contribution in [-0.2, 0) is 22.6 Å². The Morgan fingerprint density at radius 2 is 1.55 bits per heavy atom. The number of carbonyl (C=O) groups excluding carboxylic acids is 2. The smallest absolute Gasteiger partial charge is 0.243 e. The van der Waals surface area contributed by atoms with Crippen molar-refractivity contribution in [2.75, 3.05) is 0 Å². The van der Waals surface area contributed by atoms with Gasteiger partial charge in [0.2, 0.25) is 11.8 Å². The van der Waals surface area contributed by atoms with Crippen molar-refractivity contribution >= 4 is 11.8 Å². The van der Waals surface area contributed by atoms with Crippen molar-refractivity contribution in [3.8, 4) is 0 Å². The quantitative estimate of drug-likeness (QED) is 0.717. The third kappa shape index (κ3) is 6.74. The minimum absolute atomic E-state index is 0.0257. The molecule has 2 rings (SSSR count). The molecule has 0 saturated carbocycles. The SMILES string of the molecule is CC[C@@H](C(=O)NC(C)C)N(Cc1cccc(C)c1)C(=O)Cc1cc(C)cc(C)c1. The van der Waals surface area contributed by atoms with Crippen molar-refractivity contribution < 1.29 is 9.59 Å². The normalized spacial score (nSPS) is 12.0. The predicted octanol–water partition coefficient (Wildman–Crippen LogP) is 4.49. The molecule has 0 bridgehead atoms. The molecule has 0 aliphatic carbocycles. The summed E-state index contributed by atoms with van der Waals surface area (Å²) in [4.78, 5) is 27.9. The molecule has 0 fully saturated rings. The number of aryl methyl sites for hydroxylation is 3. The van der Waals surface area contributed by atoms with E-state index in [1.54, 1.807) is 4.90 Å². The first-order chi connectivity index (χ1) is 13.7. The van der Waals surface area contributed by atoms with Gasteiger partial charge in [0, 0.05) is 12.6 Å². The van der Waals surface area contributed by atoms with Gasteiger partial charge in [-0.05, 0) is 52.2 Å². The molecule has 0 aromatic heterocycles. The summed E-state index contributed by atoms with van der Waals surface area (Å²) in [6.45, 7) is 12.4. The van der Waals surface area contributed by atoms with Crippen LogP contribution in [0.3, 0.4) is 0 Å². The van der Waals surface area contributed by atoms with E-state index in [1.165, 1.54) is 0 Å². The van der Waals surface area contributed by atoms with Crippen LogP contribution in [0.25, 0.3) is 0 Å². The zero-order valence-electron chi connectivity index (χ0n) is 18.6. The van der Waals surface area contributed by atoms with Gasteiger partial charge in [-0.1, -0.05) is 66.1 Å². The second-order valence-corrected chi connectivity index (χ2v) is 8.27. The van der Waals surface area contributed by atoms with Gasteiger partial charge >= 0.3 is 0 Å². The average Bonchev–Trinajstić information content (AvgIpc) is 2.60. The van der Waals surface area contributed by atoms with Crippen molar-refractivity contribution in [3.05, 3.63) is 70.3 Å². The number of nitrogens with one attached hydrogen (secondary N) is 1. The second-order valence-electron chi connectivity index (χ2n) is 8.27. The van der Waals surface area contributed by atoms with E-state index in [1.807, 2.05) is 71.9 Å². The molecule has 1 atom stereocenters. The molecule has 4 heteroatoms. The molecular formula is C25H34N2O2. The van der Waals surface area contributed by atoms with Crippen LogP contribution < -0.4 is 5.32 Å². The summed E-state index contributed by atoms with van der Waals surface area (Å²) in [6, 6.07) is 13.9. The van der Waals surface area contributed by atoms with Crippen LogP contribution in [0.1, 0.15) is 55.0 Å². The van der Waals surface area contributed by atoms with Crippen LogP contribution in [0.5, 0.6) is 0 Å². The van der Waals surface area contributed by atoms with E-state index in [2.05, 4.69) is 17.4 Å². The van der Waals surface area contributed by atoms with Crippen LogP contribution in [0.2, 0.25) is 0 Å². The van der Waals surface area contributed by atoms with Gasteiger partial charge in [-0.25, -0.2) is 0 Å². The third-order valence-electron chi connectivity index (χ3n) is 4.89. The largest absolute Gasteiger partial charge is 0.352 e. The van der Waals surface area contributed by atoms with Crippen molar-refractivity contribution in [1.82, 2.24) is 10.2 Å². The second kappa shape index (κ2) is 10.2. The fraction of sp³-hybridized carbons (Fsp3) is 0.440. The maximum absolute atomic E-state index is 13.4. The molecule has 0 aliphatic rings. The van der Waals surface area contributed by atoms with Crippen molar-refractivity contribution in [1.29, 1.82) is 0 Å². The summed E-state index contributed by atoms with van der Waals surface area (Å²) in [5.41, 5.74) is 5.45. The summed E-state index contributed by atoms with van der Waals surface area (Å²) in [6.07, 6.45) is 0.864. The molecule has 0 radical (unpaired) electrons. The lowest BCUT2D eigenvalue weighted by atomic mass is 10.0. The summed E-state index contributed by atoms with van der Waals surface area (Å²) in [7, 11) is 0. The topological polar surface area (TPSA) is 49.4 Å². The lowest BCUT2D eigenvalue weighted by Crippen LogP contribution is -2.50. The van der Waals surface area contributed by atoms with E-state index in [9.17, 15) is 9.59 Å². The van der Waals surface area contributed by atoms with Crippen molar-refractivity contribution in [2.45, 2.75) is 73.0 Å². The number of amides is 2. The van der Waals surface area contributed by atoms with Crippen molar-refractivity contribution in [2.24, 2.45) is 0 Å². The van der Waals surface area contributed by atoms with Gasteiger partial charge < -0.3 is 10.2 Å². The molecule has 156 valence electrons. The van der Waals surface area contributed by atoms with Crippen LogP contribution in [0.4, 0.5) is 0 Å². The standard InChI is InChI=1S/C25H34N2O2/c1-7-23(25(29)26-17(2)3)27(16-21-10-8-9-18(4)12-21)24(28)15-22-13-19(5)11-20(6)14-22/h8-14,17,23H,7,15-16H2,1-6H3,(H,26,29)/t23-/m0/s1. The molecule has 0 heterocycles. The zero-order valence-corrected chi connectivity index (χ0v) is 18.6. The van der Waals surface area contributed by atoms with E-state index >= 15 is 0 Å². The molecule has 4 nitrogen and oxygen atoms in total. The Morgan fingerprint density at radius 3 is 2.10 bits per heavy atom. The van der Waals surface area contributed by atoms with Gasteiger partial charge in [-0.3, -0.25) is 9.59 Å². The van der Waals surface area contributed by atoms with E-state index in [0.29, 0.717) is 19.4 Å². The number of carbonyl (C=O) groups is 2. The first-order valence-electron chi connectivity index (χ1n) is 10.4. The Kier molecular flexibility index (Phi) is 8.00. The monoisotopic (exact) mass is 394 g/mol. The number of hydrogen-bond acceptors (Lipinski definition) is 2. The molecule has 0 saturated heterocycles. The number of hydrogen-bond donors (Lipinski definition) is 1. The Bertz CT molecular complexity index is 837. The molecule has 0 unspecified atom stereocenters. The average molecular weight is 395 g/mol. The number of nitrogens with zero attached hydrogens (tertiary/aromatic N) is 1. The first-order valence-corrected chi connectivity index (χ1v) is 10.4. The van der Waals surface area contributed by atoms with Gasteiger partial charge in [-0.2, -0.15) is 0 Å². The van der Waals surface area contributed by atoms with E-state index < -0.39 is 6.04 Å². The lowest BCUT2D eigenvalue weighted by molar-refractivity contribution is -0.141. The maximum Gasteiger partial charge on any atom is 0.243 e. The highest BCUT2D eigenvalue weighted by Crippen LogP contribution is 2.17. The third-order valence-corrected chi connectivity index (χ3v) is 4.89. The Balaban J connectivity index is 2.33. The maximum atomic E-state index is 13.4. The Morgan fingerprint density at radius 1 is 0.931 bits per heavy atom. The Labute approximate surface area is 175 Å². The molecule has 0 aliphatic heterocycles. The minimum Gasteiger partial charge on any atom is -0.352 e. The van der Waals surface area contributed by atoms with Crippen LogP contribution in [0, 0.1) is 20.8 Å². The van der Waals surface area contributed by atoms with Gasteiger partial charge in [0.05, 0.1) is 6.42 Å². The van der Waals surface area contributed by atoms with Crippen LogP contribution in [-0.4, -0.2) is 28.8 Å². The van der Waals surface area contributed by atoms with E-state index in [4.69, 9.17) is 0 Å². The molecule has 29 heavy (non-hydrogen) atoms. The summed E-state index contributed by atoms with van der Waals surface area (Å²) >= 11 is 0. The van der Waals surface area contributed by atoms with Gasteiger partial charge in [0.1, 0.15) is 6.04 Å². The fourth-order valence-corrected chi connectivity index (χ4v) is 3.75. The molecule has 2 amide bonds. The predicted molar refractivity (Wildman–Crippen MR) is 119 cm³/mol. The molecule has 2 aromatic carbocycles. The van der Waals surface area contributed by atoms with Crippen molar-refractivity contribution in [3.63, 3.8) is 0 Å². The minimum atomic E-state index is -0.490. The molecule has 2 aromatic rings. The molecular weight excluding hydrogens is 360 g/mol. The van der Waals surface area contributed by atoms with Crippen LogP contribution >= 0.6 is 0 Å². The van der Waals surface area contributed by atoms with Crippen LogP contribution in [0.15, 0.2) is 42.5 Å². The van der Waals surface area contributed by atoms with Gasteiger partial charge in [-0.15, -0.1) is 0 Å². The first kappa shape index (κ1) is 22.7. The highest BCUT2D eigenvalue weighted by atomic mass is 16.2. The Hall–Kier alpha value is -2.62. The lowest BCUT2D eigenvalue weighted by Gasteiger charge is -2.31. The number of rotatable bonds is 8. The van der Waals surface area contributed by atoms with E-state index in [-0.39, 0.29) is 17.9 Å². The summed E-state index contributed by atoms with van der Waals surface area (Å²) in [5.74, 6) is -0.119. The van der Waals surface area contributed by atoms with E-state index in [0.717, 1.165) is 27.8 Å².